The predicted octanol–water partition coefficient (Wildman–Crippen LogP) is 5.36. The molecule has 0 heterocycles. The van der Waals surface area contributed by atoms with Gasteiger partial charge in [-0.25, -0.2) is 13.2 Å². The Bertz CT molecular complexity index is 979. The maximum atomic E-state index is 13.0. The molecule has 13 heteroatoms. The molecule has 0 aromatic heterocycles. The maximum absolute atomic E-state index is 13.0. The Hall–Kier alpha value is -2.80. The van der Waals surface area contributed by atoms with E-state index in [9.17, 15) is 27.6 Å². The number of amides is 3. The van der Waals surface area contributed by atoms with E-state index < -0.39 is 23.4 Å². The summed E-state index contributed by atoms with van der Waals surface area (Å²) in [5, 5.41) is 22.4. The summed E-state index contributed by atoms with van der Waals surface area (Å²) >= 11 is 9.81. The van der Waals surface area contributed by atoms with Gasteiger partial charge in [0.05, 0.1) is 5.02 Å². The number of benzene rings is 2. The number of likely N-dealkylation sites (N-methyl/N-ethyl adjacent to an activating group) is 1. The average molecular weight is 612 g/mol. The van der Waals surface area contributed by atoms with E-state index >= 15 is 0 Å². The normalized spacial score (nSPS) is 9.82. The Balaban J connectivity index is -0.000000577. The largest absolute Gasteiger partial charge is 0.400 e. The third-order valence-electron chi connectivity index (χ3n) is 4.08. The van der Waals surface area contributed by atoms with Crippen LogP contribution in [0.2, 0.25) is 5.02 Å². The first-order chi connectivity index (χ1) is 19.0. The van der Waals surface area contributed by atoms with Crippen molar-refractivity contribution in [2.45, 2.75) is 64.3 Å². The summed E-state index contributed by atoms with van der Waals surface area (Å²) in [7, 11) is 2.55. The quantitative estimate of drug-likeness (QED) is 0.136. The first-order valence-electron chi connectivity index (χ1n) is 12.4. The van der Waals surface area contributed by atoms with Crippen LogP contribution in [-0.4, -0.2) is 55.2 Å². The minimum absolute atomic E-state index is 0.140. The second-order valence-electron chi connectivity index (χ2n) is 7.54. The van der Waals surface area contributed by atoms with Crippen LogP contribution in [0.25, 0.3) is 0 Å². The number of hydrogen-bond donors (Lipinski definition) is 6. The van der Waals surface area contributed by atoms with Gasteiger partial charge in [0.2, 0.25) is 12.3 Å². The van der Waals surface area contributed by atoms with Crippen molar-refractivity contribution >= 4 is 48.1 Å². The van der Waals surface area contributed by atoms with Gasteiger partial charge in [0.1, 0.15) is 6.04 Å². The summed E-state index contributed by atoms with van der Waals surface area (Å²) in [6.45, 7) is 8.46. The molecule has 2 aromatic carbocycles. The summed E-state index contributed by atoms with van der Waals surface area (Å²) < 4.78 is 38.8. The SMILES string of the molecule is CCC.CCCC(NC=O)C(=O)NC.CCCO.CO.O=C(Nc1cc(F)c(F)c(F)c1)c1ccc(Cl)c(S)c1. The van der Waals surface area contributed by atoms with Crippen LogP contribution in [0.15, 0.2) is 35.2 Å². The third-order valence-corrected chi connectivity index (χ3v) is 4.91. The van der Waals surface area contributed by atoms with Gasteiger partial charge in [0.15, 0.2) is 17.5 Å². The number of carbonyl (C=O) groups excluding carboxylic acids is 3. The second kappa shape index (κ2) is 26.4. The van der Waals surface area contributed by atoms with Crippen LogP contribution in [-0.2, 0) is 9.59 Å². The van der Waals surface area contributed by atoms with Crippen molar-refractivity contribution in [2.24, 2.45) is 0 Å². The van der Waals surface area contributed by atoms with Gasteiger partial charge < -0.3 is 26.2 Å². The molecule has 1 unspecified atom stereocenters. The molecular formula is C27H41ClF3N3O5S. The number of aliphatic hydroxyl groups is 2. The van der Waals surface area contributed by atoms with Gasteiger partial charge in [-0.2, -0.15) is 0 Å². The van der Waals surface area contributed by atoms with E-state index in [1.54, 1.807) is 7.05 Å². The molecule has 0 spiro atoms. The summed E-state index contributed by atoms with van der Waals surface area (Å²) in [6.07, 6.45) is 4.23. The van der Waals surface area contributed by atoms with Crippen molar-refractivity contribution in [1.29, 1.82) is 0 Å². The number of nitrogens with one attached hydrogen (secondary N) is 3. The van der Waals surface area contributed by atoms with Crippen LogP contribution < -0.4 is 16.0 Å². The first kappa shape index (κ1) is 41.7. The molecule has 2 aromatic rings. The molecule has 0 saturated heterocycles. The molecular weight excluding hydrogens is 571 g/mol. The van der Waals surface area contributed by atoms with E-state index in [0.29, 0.717) is 41.5 Å². The number of anilines is 1. The van der Waals surface area contributed by atoms with Crippen molar-refractivity contribution in [3.63, 3.8) is 0 Å². The van der Waals surface area contributed by atoms with E-state index in [1.807, 2.05) is 13.8 Å². The lowest BCUT2D eigenvalue weighted by atomic mass is 10.1. The Morgan fingerprint density at radius 1 is 1.02 bits per heavy atom. The first-order valence-corrected chi connectivity index (χ1v) is 13.2. The average Bonchev–Trinajstić information content (AvgIpc) is 2.94. The van der Waals surface area contributed by atoms with Crippen molar-refractivity contribution in [3.05, 3.63) is 58.4 Å². The zero-order chi connectivity index (χ0) is 31.7. The molecule has 2 rings (SSSR count). The number of hydrogen-bond acceptors (Lipinski definition) is 6. The van der Waals surface area contributed by atoms with E-state index in [0.717, 1.165) is 20.0 Å². The van der Waals surface area contributed by atoms with Crippen molar-refractivity contribution < 1.29 is 37.8 Å². The van der Waals surface area contributed by atoms with Gasteiger partial charge >= 0.3 is 0 Å². The summed E-state index contributed by atoms with van der Waals surface area (Å²) in [5.74, 6) is -5.12. The maximum Gasteiger partial charge on any atom is 0.255 e. The van der Waals surface area contributed by atoms with E-state index in [2.05, 4.69) is 42.4 Å². The Morgan fingerprint density at radius 2 is 1.52 bits per heavy atom. The summed E-state index contributed by atoms with van der Waals surface area (Å²) in [6, 6.07) is 5.29. The van der Waals surface area contributed by atoms with Crippen LogP contribution in [0.3, 0.4) is 0 Å². The highest BCUT2D eigenvalue weighted by Gasteiger charge is 2.14. The summed E-state index contributed by atoms with van der Waals surface area (Å²) in [5.41, 5.74) is 0.00612. The lowest BCUT2D eigenvalue weighted by Crippen LogP contribution is -2.42. The van der Waals surface area contributed by atoms with E-state index in [4.69, 9.17) is 21.8 Å². The zero-order valence-corrected chi connectivity index (χ0v) is 25.3. The molecule has 0 aliphatic carbocycles. The van der Waals surface area contributed by atoms with Gasteiger partial charge in [-0.3, -0.25) is 14.4 Å². The molecule has 3 amide bonds. The standard InChI is InChI=1S/C13H7ClF3NOS.C7H14N2O2.C3H8O.C3H8.CH4O/c14-8-2-1-6(3-11(8)20)13(19)18-7-4-9(15)12(17)10(16)5-7;1-3-4-6(9-5-10)7(11)8-2;1-2-3-4;1-3-2;1-2/h1-5,20H,(H,18,19);5-6H,3-4H2,1-2H3,(H,8,11)(H,9,10);4H,2-3H2,1H3;3H2,1-2H3;2H,1H3. The smallest absolute Gasteiger partial charge is 0.255 e. The van der Waals surface area contributed by atoms with Crippen LogP contribution >= 0.6 is 24.2 Å². The second-order valence-corrected chi connectivity index (χ2v) is 8.43. The Labute approximate surface area is 245 Å². The number of aliphatic hydroxyl groups excluding tert-OH is 2. The van der Waals surface area contributed by atoms with Gasteiger partial charge in [0.25, 0.3) is 5.91 Å². The highest BCUT2D eigenvalue weighted by Crippen LogP contribution is 2.22. The fraction of sp³-hybridized carbons (Fsp3) is 0.444. The highest BCUT2D eigenvalue weighted by atomic mass is 35.5. The van der Waals surface area contributed by atoms with Gasteiger partial charge in [-0.1, -0.05) is 52.1 Å². The van der Waals surface area contributed by atoms with Crippen LogP contribution in [0.1, 0.15) is 63.7 Å². The summed E-state index contributed by atoms with van der Waals surface area (Å²) in [4.78, 5) is 33.2. The molecule has 0 bridgehead atoms. The molecule has 5 N–H and O–H groups in total. The van der Waals surface area contributed by atoms with Crippen molar-refractivity contribution in [1.82, 2.24) is 10.6 Å². The number of thiol groups is 1. The molecule has 228 valence electrons. The van der Waals surface area contributed by atoms with Crippen LogP contribution in [0.4, 0.5) is 18.9 Å². The minimum atomic E-state index is -1.59. The zero-order valence-electron chi connectivity index (χ0n) is 23.7. The van der Waals surface area contributed by atoms with Crippen LogP contribution in [0.5, 0.6) is 0 Å². The van der Waals surface area contributed by atoms with Crippen molar-refractivity contribution in [2.75, 3.05) is 26.1 Å². The van der Waals surface area contributed by atoms with Gasteiger partial charge in [0, 0.05) is 49.0 Å². The molecule has 1 atom stereocenters. The lowest BCUT2D eigenvalue weighted by Gasteiger charge is -2.12. The Morgan fingerprint density at radius 3 is 1.90 bits per heavy atom. The molecule has 8 nitrogen and oxygen atoms in total. The third kappa shape index (κ3) is 18.5. The number of rotatable bonds is 8. The van der Waals surface area contributed by atoms with Crippen LogP contribution in [0, 0.1) is 17.5 Å². The van der Waals surface area contributed by atoms with E-state index in [-0.39, 0.29) is 23.2 Å². The fourth-order valence-electron chi connectivity index (χ4n) is 2.32. The molecule has 0 saturated carbocycles. The molecule has 0 radical (unpaired) electrons. The fourth-order valence-corrected chi connectivity index (χ4v) is 2.65. The molecule has 0 aliphatic heterocycles. The number of halogens is 4. The Kier molecular flexibility index (Phi) is 27.5. The van der Waals surface area contributed by atoms with Gasteiger partial charge in [-0.05, 0) is 31.0 Å². The van der Waals surface area contributed by atoms with Gasteiger partial charge in [-0.15, -0.1) is 12.6 Å². The molecule has 0 aliphatic rings. The molecule has 40 heavy (non-hydrogen) atoms. The van der Waals surface area contributed by atoms with E-state index in [1.165, 1.54) is 24.6 Å². The van der Waals surface area contributed by atoms with Crippen molar-refractivity contribution in [3.8, 4) is 0 Å². The molecule has 0 fully saturated rings. The number of carbonyl (C=O) groups is 3. The lowest BCUT2D eigenvalue weighted by molar-refractivity contribution is -0.125. The monoisotopic (exact) mass is 611 g/mol. The highest BCUT2D eigenvalue weighted by molar-refractivity contribution is 7.80. The minimum Gasteiger partial charge on any atom is -0.400 e. The topological polar surface area (TPSA) is 128 Å². The predicted molar refractivity (Wildman–Crippen MR) is 156 cm³/mol.